The molecule has 74 heavy (non-hydrogen) atoms. The number of carbonyl (C=O) groups is 2. The number of hydrogen-bond acceptors (Lipinski definition) is 4. The van der Waals surface area contributed by atoms with Crippen molar-refractivity contribution in [1.82, 2.24) is 0 Å². The minimum atomic E-state index is -6.13. The van der Waals surface area contributed by atoms with Crippen LogP contribution in [0.1, 0.15) is 58.4 Å². The lowest BCUT2D eigenvalue weighted by Crippen LogP contribution is -2.75. The average molecular weight is 1120 g/mol. The minimum Gasteiger partial charge on any atom is -0.465 e. The summed E-state index contributed by atoms with van der Waals surface area (Å²) in [5.41, 5.74) is -29.4. The first kappa shape index (κ1) is 62.6. The van der Waals surface area contributed by atoms with Gasteiger partial charge in [-0.2, -0.15) is 127 Å². The molecule has 0 radical (unpaired) electrons. The Morgan fingerprint density at radius 2 is 0.568 bits per heavy atom. The summed E-state index contributed by atoms with van der Waals surface area (Å²) in [6, 6.07) is -8.81. The van der Waals surface area contributed by atoms with Crippen LogP contribution in [0.15, 0.2) is 83.9 Å². The van der Waals surface area contributed by atoms with Crippen molar-refractivity contribution in [2.75, 3.05) is 32.5 Å². The molecule has 0 spiro atoms. The van der Waals surface area contributed by atoms with E-state index < -0.39 is 207 Å². The van der Waals surface area contributed by atoms with E-state index >= 15 is 0 Å². The van der Waals surface area contributed by atoms with Crippen LogP contribution in [0, 0.1) is 5.92 Å². The van der Waals surface area contributed by atoms with Gasteiger partial charge in [-0.05, 0) is 41.1 Å². The number of rotatable bonds is 9. The number of alkyl halides is 24. The number of hydrogen-bond donors (Lipinski definition) is 0. The van der Waals surface area contributed by atoms with Gasteiger partial charge in [-0.15, -0.1) is 0 Å². The van der Waals surface area contributed by atoms with Crippen molar-refractivity contribution in [3.05, 3.63) is 128 Å². The summed E-state index contributed by atoms with van der Waals surface area (Å²) < 4.78 is 350. The first-order valence-corrected chi connectivity index (χ1v) is 22.1. The van der Waals surface area contributed by atoms with Crippen molar-refractivity contribution >= 4 is 50.8 Å². The molecule has 0 aliphatic carbocycles. The Bertz CT molecular complexity index is 2260. The summed E-state index contributed by atoms with van der Waals surface area (Å²) in [4.78, 5) is 23.3. The second-order valence-corrected chi connectivity index (χ2v) is 18.7. The smallest absolute Gasteiger partial charge is 0.416 e. The van der Waals surface area contributed by atoms with E-state index in [0.717, 1.165) is 5.57 Å². The number of esters is 2. The zero-order valence-electron chi connectivity index (χ0n) is 37.9. The third-order valence-electron chi connectivity index (χ3n) is 10.7. The van der Waals surface area contributed by atoms with Crippen LogP contribution in [0.25, 0.3) is 0 Å². The van der Waals surface area contributed by atoms with E-state index in [9.17, 15) is 115 Å². The van der Waals surface area contributed by atoms with Crippen LogP contribution in [0.2, 0.25) is 0 Å². The first-order chi connectivity index (χ1) is 33.1. The summed E-state index contributed by atoms with van der Waals surface area (Å²) in [5.74, 6) is -0.424. The highest BCUT2D eigenvalue weighted by atomic mass is 32.2. The Morgan fingerprint density at radius 1 is 0.392 bits per heavy atom. The highest BCUT2D eigenvalue weighted by Crippen LogP contribution is 2.41. The first-order valence-electron chi connectivity index (χ1n) is 19.9. The second-order valence-electron chi connectivity index (χ2n) is 16.4. The number of methoxy groups -OCH3 is 2. The fraction of sp³-hybridized carbons (Fsp3) is 0.364. The highest BCUT2D eigenvalue weighted by molar-refractivity contribution is 7.95. The van der Waals surface area contributed by atoms with Gasteiger partial charge < -0.3 is 9.47 Å². The van der Waals surface area contributed by atoms with E-state index in [1.807, 2.05) is 13.8 Å². The Labute approximate surface area is 404 Å². The molecule has 0 unspecified atom stereocenters. The van der Waals surface area contributed by atoms with Gasteiger partial charge in [0.15, 0.2) is 0 Å². The molecule has 0 N–H and O–H groups in total. The van der Waals surface area contributed by atoms with Gasteiger partial charge in [0.2, 0.25) is 0 Å². The van der Waals surface area contributed by atoms with Gasteiger partial charge in [0.25, 0.3) is 0 Å². The van der Waals surface area contributed by atoms with Crippen molar-refractivity contribution in [2.45, 2.75) is 63.3 Å². The Kier molecular flexibility index (Phi) is 18.2. The maximum atomic E-state index is 14.2. The predicted octanol–water partition coefficient (Wildman–Crippen LogP) is 12.4. The Hall–Kier alpha value is -5.71. The summed E-state index contributed by atoms with van der Waals surface area (Å²) in [5, 5.41) is 0. The number of ether oxygens (including phenoxy) is 2. The molecule has 0 aliphatic heterocycles. The fourth-order valence-electron chi connectivity index (χ4n) is 7.46. The van der Waals surface area contributed by atoms with Gasteiger partial charge in [0, 0.05) is 5.57 Å². The molecular formula is C44H33BF24O4S. The Balaban J connectivity index is 0.000000724. The average Bonchev–Trinajstić information content (AvgIpc) is 3.23. The largest absolute Gasteiger partial charge is 0.465 e. The highest BCUT2D eigenvalue weighted by Gasteiger charge is 2.47. The lowest BCUT2D eigenvalue weighted by molar-refractivity contribution is -0.145. The lowest BCUT2D eigenvalue weighted by Gasteiger charge is -2.46. The van der Waals surface area contributed by atoms with E-state index in [1.54, 1.807) is 0 Å². The topological polar surface area (TPSA) is 52.6 Å². The Morgan fingerprint density at radius 3 is 0.689 bits per heavy atom. The van der Waals surface area contributed by atoms with Crippen molar-refractivity contribution in [2.24, 2.45) is 5.92 Å². The quantitative estimate of drug-likeness (QED) is 0.0319. The molecule has 0 bridgehead atoms. The fourth-order valence-corrected chi connectivity index (χ4v) is 8.56. The molecule has 0 fully saturated rings. The van der Waals surface area contributed by atoms with E-state index in [-0.39, 0.29) is 22.4 Å². The van der Waals surface area contributed by atoms with Crippen molar-refractivity contribution in [3.63, 3.8) is 0 Å². The van der Waals surface area contributed by atoms with Gasteiger partial charge in [-0.1, -0.05) is 62.4 Å². The van der Waals surface area contributed by atoms with Gasteiger partial charge in [0.05, 0.1) is 71.2 Å². The van der Waals surface area contributed by atoms with Gasteiger partial charge >= 0.3 is 61.3 Å². The van der Waals surface area contributed by atoms with Crippen LogP contribution in [-0.4, -0.2) is 50.6 Å². The molecule has 0 aromatic heterocycles. The summed E-state index contributed by atoms with van der Waals surface area (Å²) in [7, 11) is 2.63. The van der Waals surface area contributed by atoms with E-state index in [4.69, 9.17) is 0 Å². The monoisotopic (exact) mass is 1120 g/mol. The summed E-state index contributed by atoms with van der Waals surface area (Å²) >= 11 is 0. The van der Waals surface area contributed by atoms with E-state index in [0.29, 0.717) is 5.75 Å². The van der Waals surface area contributed by atoms with Crippen molar-refractivity contribution in [1.29, 1.82) is 0 Å². The molecule has 0 amide bonds. The SMILES string of the molecule is COC(=O)C(C(=O)OC)=C(C[S+](C)C)C(C)C.FC(F)(F)c1cc([B-](c2cc(C(F)(F)F)cc(C(F)(F)F)c2)(c2cc(C(F)(F)F)cc(C(F)(F)F)c2)c2cc(C(F)(F)F)cc(C(F)(F)F)c2)cc(C(F)(F)F)c1. The molecular weight excluding hydrogens is 1090 g/mol. The minimum absolute atomic E-state index is 0.0474. The summed E-state index contributed by atoms with van der Waals surface area (Å²) in [6.07, 6.45) is -50.7. The van der Waals surface area contributed by atoms with Gasteiger partial charge in [-0.3, -0.25) is 0 Å². The van der Waals surface area contributed by atoms with Crippen LogP contribution in [0.4, 0.5) is 105 Å². The molecule has 4 aromatic carbocycles. The van der Waals surface area contributed by atoms with Crippen LogP contribution >= 0.6 is 0 Å². The zero-order chi connectivity index (χ0) is 57.5. The molecule has 0 atom stereocenters. The maximum Gasteiger partial charge on any atom is 0.416 e. The van der Waals surface area contributed by atoms with E-state index in [1.165, 1.54) is 14.2 Å². The molecule has 0 aliphatic rings. The van der Waals surface area contributed by atoms with Crippen LogP contribution < -0.4 is 21.9 Å². The molecule has 30 heteroatoms. The maximum absolute atomic E-state index is 14.2. The van der Waals surface area contributed by atoms with Gasteiger partial charge in [0.1, 0.15) is 17.5 Å². The van der Waals surface area contributed by atoms with Crippen LogP contribution in [0.5, 0.6) is 0 Å². The second kappa shape index (κ2) is 21.5. The van der Waals surface area contributed by atoms with Crippen molar-refractivity contribution < 1.29 is 124 Å². The molecule has 0 saturated heterocycles. The molecule has 410 valence electrons. The predicted molar refractivity (Wildman–Crippen MR) is 220 cm³/mol. The third kappa shape index (κ3) is 14.8. The lowest BCUT2D eigenvalue weighted by atomic mass is 9.12. The number of carbonyl (C=O) groups excluding carboxylic acids is 2. The molecule has 4 nitrogen and oxygen atoms in total. The van der Waals surface area contributed by atoms with Gasteiger partial charge in [-0.25, -0.2) is 9.59 Å². The van der Waals surface area contributed by atoms with Crippen LogP contribution in [-0.2, 0) is 79.4 Å². The third-order valence-corrected chi connectivity index (χ3v) is 11.6. The molecule has 0 saturated carbocycles. The summed E-state index contributed by atoms with van der Waals surface area (Å²) in [6.45, 7) is 3.90. The normalized spacial score (nSPS) is 13.4. The molecule has 4 rings (SSSR count). The van der Waals surface area contributed by atoms with Crippen molar-refractivity contribution in [3.8, 4) is 0 Å². The number of halogens is 24. The van der Waals surface area contributed by atoms with E-state index in [2.05, 4.69) is 22.0 Å². The number of benzene rings is 4. The molecule has 0 heterocycles. The standard InChI is InChI=1S/C32H12BF24.C12H21O4S/c34-25(35,36)13-1-14(26(37,38)39)6-21(5-13)33(22-7-15(27(40,41)42)2-16(8-22)28(43,44)45,23-9-17(29(46,47)48)3-18(10-23)30(49,50)51)24-11-19(31(52,53)54)4-20(12-24)32(55,56)57;1-8(2)9(7-17(5)6)10(11(13)15-3)12(14)16-4/h1-12H;8H,7H2,1-6H3/q-1;+1. The van der Waals surface area contributed by atoms with Crippen LogP contribution in [0.3, 0.4) is 0 Å². The zero-order valence-corrected chi connectivity index (χ0v) is 38.7. The molecule has 4 aromatic rings.